The molecule has 0 saturated heterocycles. The first kappa shape index (κ1) is 14.2. The zero-order chi connectivity index (χ0) is 14.7. The lowest BCUT2D eigenvalue weighted by Gasteiger charge is -2.15. The lowest BCUT2D eigenvalue weighted by molar-refractivity contribution is 0.467. The number of nitrogens with zero attached hydrogens (tertiary/aromatic N) is 2. The monoisotopic (exact) mass is 345 g/mol. The van der Waals surface area contributed by atoms with Crippen LogP contribution in [0.25, 0.3) is 11.0 Å². The number of benzene rings is 1. The molecule has 108 valence electrons. The average Bonchev–Trinajstić information content (AvgIpc) is 2.94. The van der Waals surface area contributed by atoms with Crippen LogP contribution in [0.4, 0.5) is 0 Å². The van der Waals surface area contributed by atoms with Crippen LogP contribution >= 0.6 is 15.9 Å². The van der Waals surface area contributed by atoms with Crippen LogP contribution in [-0.2, 0) is 0 Å². The number of rotatable bonds is 5. The third-order valence-corrected chi connectivity index (χ3v) is 3.94. The zero-order valence-electron chi connectivity index (χ0n) is 11.7. The first-order chi connectivity index (χ1) is 10.3. The van der Waals surface area contributed by atoms with Crippen LogP contribution in [0.5, 0.6) is 0 Å². The minimum Gasteiger partial charge on any atom is -0.458 e. The number of halogens is 1. The second-order valence-corrected chi connectivity index (χ2v) is 5.72. The second-order valence-electron chi connectivity index (χ2n) is 4.87. The number of fused-ring (bicyclic) bond motifs is 1. The molecular formula is C16H16BrN3O. The molecule has 1 unspecified atom stereocenters. The Labute approximate surface area is 131 Å². The molecule has 4 nitrogen and oxygen atoms in total. The van der Waals surface area contributed by atoms with Crippen LogP contribution in [0.3, 0.4) is 0 Å². The van der Waals surface area contributed by atoms with E-state index in [9.17, 15) is 0 Å². The highest BCUT2D eigenvalue weighted by molar-refractivity contribution is 9.10. The Kier molecular flexibility index (Phi) is 4.31. The summed E-state index contributed by atoms with van der Waals surface area (Å²) in [6.07, 6.45) is 6.23. The molecule has 0 aliphatic rings. The SMILES string of the molecule is CCCNC(c1cncnc1)c1cc2cccc(Br)c2o1. The summed E-state index contributed by atoms with van der Waals surface area (Å²) in [6, 6.07) is 8.07. The smallest absolute Gasteiger partial charge is 0.148 e. The molecule has 0 saturated carbocycles. The van der Waals surface area contributed by atoms with Gasteiger partial charge in [-0.15, -0.1) is 0 Å². The maximum atomic E-state index is 6.05. The van der Waals surface area contributed by atoms with E-state index in [2.05, 4.69) is 44.2 Å². The van der Waals surface area contributed by atoms with Crippen molar-refractivity contribution in [3.63, 3.8) is 0 Å². The summed E-state index contributed by atoms with van der Waals surface area (Å²) in [5.74, 6) is 0.875. The van der Waals surface area contributed by atoms with Crippen molar-refractivity contribution in [1.82, 2.24) is 15.3 Å². The fourth-order valence-electron chi connectivity index (χ4n) is 2.32. The fourth-order valence-corrected chi connectivity index (χ4v) is 2.78. The first-order valence-electron chi connectivity index (χ1n) is 6.96. The van der Waals surface area contributed by atoms with Crippen LogP contribution in [0.1, 0.15) is 30.7 Å². The van der Waals surface area contributed by atoms with Gasteiger partial charge < -0.3 is 9.73 Å². The molecule has 0 bridgehead atoms. The highest BCUT2D eigenvalue weighted by Crippen LogP contribution is 2.31. The molecule has 0 aliphatic carbocycles. The van der Waals surface area contributed by atoms with E-state index in [1.54, 1.807) is 0 Å². The molecular weight excluding hydrogens is 330 g/mol. The molecule has 3 rings (SSSR count). The van der Waals surface area contributed by atoms with Crippen molar-refractivity contribution < 1.29 is 4.42 Å². The van der Waals surface area contributed by atoms with E-state index in [1.165, 1.54) is 6.33 Å². The van der Waals surface area contributed by atoms with E-state index in [1.807, 2.05) is 30.6 Å². The molecule has 1 aromatic carbocycles. The highest BCUT2D eigenvalue weighted by atomic mass is 79.9. The van der Waals surface area contributed by atoms with Gasteiger partial charge in [0.2, 0.25) is 0 Å². The molecule has 0 aliphatic heterocycles. The van der Waals surface area contributed by atoms with Gasteiger partial charge >= 0.3 is 0 Å². The van der Waals surface area contributed by atoms with E-state index in [0.717, 1.165) is 39.7 Å². The van der Waals surface area contributed by atoms with Gasteiger partial charge in [-0.2, -0.15) is 0 Å². The summed E-state index contributed by atoms with van der Waals surface area (Å²) in [6.45, 7) is 3.04. The van der Waals surface area contributed by atoms with Crippen molar-refractivity contribution in [2.24, 2.45) is 0 Å². The predicted molar refractivity (Wildman–Crippen MR) is 86.1 cm³/mol. The summed E-state index contributed by atoms with van der Waals surface area (Å²) in [4.78, 5) is 8.22. The van der Waals surface area contributed by atoms with Crippen molar-refractivity contribution in [3.05, 3.63) is 58.8 Å². The van der Waals surface area contributed by atoms with Gasteiger partial charge in [0, 0.05) is 23.3 Å². The minimum atomic E-state index is -0.0366. The summed E-state index contributed by atoms with van der Waals surface area (Å²) < 4.78 is 7.01. The fraction of sp³-hybridized carbons (Fsp3) is 0.250. The van der Waals surface area contributed by atoms with Gasteiger partial charge in [-0.05, 0) is 41.0 Å². The lowest BCUT2D eigenvalue weighted by atomic mass is 10.1. The Morgan fingerprint density at radius 1 is 1.29 bits per heavy atom. The highest BCUT2D eigenvalue weighted by Gasteiger charge is 2.19. The molecule has 3 aromatic rings. The molecule has 21 heavy (non-hydrogen) atoms. The zero-order valence-corrected chi connectivity index (χ0v) is 13.3. The number of hydrogen-bond donors (Lipinski definition) is 1. The Bertz CT molecular complexity index is 727. The topological polar surface area (TPSA) is 51.0 Å². The molecule has 0 amide bonds. The number of para-hydroxylation sites is 1. The van der Waals surface area contributed by atoms with Crippen molar-refractivity contribution in [2.45, 2.75) is 19.4 Å². The van der Waals surface area contributed by atoms with Gasteiger partial charge in [0.05, 0.1) is 10.5 Å². The van der Waals surface area contributed by atoms with E-state index in [-0.39, 0.29) is 6.04 Å². The molecule has 0 radical (unpaired) electrons. The molecule has 0 fully saturated rings. The van der Waals surface area contributed by atoms with Gasteiger partial charge in [-0.25, -0.2) is 9.97 Å². The summed E-state index contributed by atoms with van der Waals surface area (Å²) >= 11 is 3.53. The lowest BCUT2D eigenvalue weighted by Crippen LogP contribution is -2.23. The Morgan fingerprint density at radius 3 is 2.81 bits per heavy atom. The maximum absolute atomic E-state index is 6.05. The molecule has 1 atom stereocenters. The predicted octanol–water partition coefficient (Wildman–Crippen LogP) is 4.07. The number of nitrogens with one attached hydrogen (secondary N) is 1. The van der Waals surface area contributed by atoms with Crippen molar-refractivity contribution in [3.8, 4) is 0 Å². The van der Waals surface area contributed by atoms with Gasteiger partial charge in [0.25, 0.3) is 0 Å². The third kappa shape index (κ3) is 2.99. The largest absolute Gasteiger partial charge is 0.458 e. The second kappa shape index (κ2) is 6.37. The van der Waals surface area contributed by atoms with Crippen LogP contribution in [0, 0.1) is 0 Å². The maximum Gasteiger partial charge on any atom is 0.148 e. The number of aromatic nitrogens is 2. The minimum absolute atomic E-state index is 0.0366. The normalized spacial score (nSPS) is 12.7. The molecule has 2 aromatic heterocycles. The van der Waals surface area contributed by atoms with E-state index < -0.39 is 0 Å². The number of furan rings is 1. The van der Waals surface area contributed by atoms with Crippen LogP contribution in [0.2, 0.25) is 0 Å². The van der Waals surface area contributed by atoms with Crippen LogP contribution in [-0.4, -0.2) is 16.5 Å². The van der Waals surface area contributed by atoms with Crippen LogP contribution < -0.4 is 5.32 Å². The Morgan fingerprint density at radius 2 is 2.10 bits per heavy atom. The molecule has 1 N–H and O–H groups in total. The summed E-state index contributed by atoms with van der Waals surface area (Å²) in [5.41, 5.74) is 1.87. The standard InChI is InChI=1S/C16H16BrN3O/c1-2-6-20-15(12-8-18-10-19-9-12)14-7-11-4-3-5-13(17)16(11)21-14/h3-5,7-10,15,20H,2,6H2,1H3. The van der Waals surface area contributed by atoms with Gasteiger partial charge in [-0.1, -0.05) is 19.1 Å². The summed E-state index contributed by atoms with van der Waals surface area (Å²) in [5, 5.41) is 4.58. The molecule has 5 heteroatoms. The van der Waals surface area contributed by atoms with Crippen molar-refractivity contribution >= 4 is 26.9 Å². The molecule has 0 spiro atoms. The van der Waals surface area contributed by atoms with E-state index in [0.29, 0.717) is 0 Å². The van der Waals surface area contributed by atoms with Crippen molar-refractivity contribution in [1.29, 1.82) is 0 Å². The quantitative estimate of drug-likeness (QED) is 0.757. The first-order valence-corrected chi connectivity index (χ1v) is 7.75. The summed E-state index contributed by atoms with van der Waals surface area (Å²) in [7, 11) is 0. The van der Waals surface area contributed by atoms with Crippen molar-refractivity contribution in [2.75, 3.05) is 6.54 Å². The Hall–Kier alpha value is -1.72. The number of hydrogen-bond acceptors (Lipinski definition) is 4. The van der Waals surface area contributed by atoms with E-state index in [4.69, 9.17) is 4.42 Å². The average molecular weight is 346 g/mol. The Balaban J connectivity index is 2.03. The van der Waals surface area contributed by atoms with Crippen LogP contribution in [0.15, 0.2) is 51.9 Å². The van der Waals surface area contributed by atoms with Gasteiger partial charge in [-0.3, -0.25) is 0 Å². The molecule has 2 heterocycles. The third-order valence-electron chi connectivity index (χ3n) is 3.31. The van der Waals surface area contributed by atoms with Gasteiger partial charge in [0.1, 0.15) is 17.7 Å². The van der Waals surface area contributed by atoms with E-state index >= 15 is 0 Å². The van der Waals surface area contributed by atoms with Gasteiger partial charge in [0.15, 0.2) is 0 Å².